The van der Waals surface area contributed by atoms with Crippen LogP contribution in [0.5, 0.6) is 0 Å². The average Bonchev–Trinajstić information content (AvgIpc) is 2.99. The van der Waals surface area contributed by atoms with Crippen LogP contribution in [-0.2, 0) is 9.53 Å². The number of carbonyl (C=O) groups is 1. The minimum absolute atomic E-state index is 0.112. The molecule has 1 heterocycles. The van der Waals surface area contributed by atoms with E-state index in [9.17, 15) is 9.90 Å². The topological polar surface area (TPSA) is 58.6 Å². The number of aliphatic hydroxyl groups excluding tert-OH is 1. The van der Waals surface area contributed by atoms with E-state index in [0.717, 1.165) is 26.1 Å². The maximum atomic E-state index is 11.7. The molecule has 20 heavy (non-hydrogen) atoms. The summed E-state index contributed by atoms with van der Waals surface area (Å²) in [7, 11) is 0. The third-order valence-electron chi connectivity index (χ3n) is 4.32. The number of nitrogens with one attached hydrogen (secondary N) is 1. The SMILES string of the molecule is O=C(CSC1CCCC1)NCC[C@@H](O)C1CCOCC1. The number of ether oxygens (including phenoxy) is 1. The largest absolute Gasteiger partial charge is 0.393 e. The van der Waals surface area contributed by atoms with Crippen molar-refractivity contribution < 1.29 is 14.6 Å². The first kappa shape index (κ1) is 16.1. The molecule has 0 aromatic rings. The number of aliphatic hydroxyl groups is 1. The molecule has 2 rings (SSSR count). The fraction of sp³-hybridized carbons (Fsp3) is 0.933. The third kappa shape index (κ3) is 5.62. The van der Waals surface area contributed by atoms with E-state index in [1.807, 2.05) is 0 Å². The number of rotatable bonds is 7. The van der Waals surface area contributed by atoms with Crippen molar-refractivity contribution in [2.24, 2.45) is 5.92 Å². The second-order valence-electron chi connectivity index (χ2n) is 5.87. The molecule has 2 aliphatic rings. The van der Waals surface area contributed by atoms with Crippen LogP contribution in [-0.4, -0.2) is 47.9 Å². The highest BCUT2D eigenvalue weighted by atomic mass is 32.2. The molecule has 116 valence electrons. The van der Waals surface area contributed by atoms with Crippen molar-refractivity contribution >= 4 is 17.7 Å². The molecule has 0 unspecified atom stereocenters. The number of amides is 1. The molecule has 1 atom stereocenters. The Morgan fingerprint density at radius 3 is 2.65 bits per heavy atom. The standard InChI is InChI=1S/C15H27NO3S/c17-14(12-6-9-19-10-7-12)5-8-16-15(18)11-20-13-3-1-2-4-13/h12-14,17H,1-11H2,(H,16,18)/t14-/m1/s1. The highest BCUT2D eigenvalue weighted by Crippen LogP contribution is 2.29. The minimum Gasteiger partial charge on any atom is -0.393 e. The summed E-state index contributed by atoms with van der Waals surface area (Å²) in [5, 5.41) is 13.7. The van der Waals surface area contributed by atoms with Gasteiger partial charge in [-0.1, -0.05) is 12.8 Å². The van der Waals surface area contributed by atoms with Gasteiger partial charge in [-0.25, -0.2) is 0 Å². The Hall–Kier alpha value is -0.260. The number of hydrogen-bond donors (Lipinski definition) is 2. The van der Waals surface area contributed by atoms with Gasteiger partial charge in [0.15, 0.2) is 0 Å². The van der Waals surface area contributed by atoms with Crippen LogP contribution in [0.25, 0.3) is 0 Å². The molecule has 1 saturated heterocycles. The molecule has 1 amide bonds. The molecule has 1 aliphatic carbocycles. The fourth-order valence-corrected chi connectivity index (χ4v) is 4.15. The first-order valence-electron chi connectivity index (χ1n) is 7.90. The summed E-state index contributed by atoms with van der Waals surface area (Å²) in [6, 6.07) is 0. The predicted octanol–water partition coefficient (Wildman–Crippen LogP) is 1.96. The van der Waals surface area contributed by atoms with Crippen molar-refractivity contribution in [3.8, 4) is 0 Å². The summed E-state index contributed by atoms with van der Waals surface area (Å²) in [5.41, 5.74) is 0. The quantitative estimate of drug-likeness (QED) is 0.755. The number of hydrogen-bond acceptors (Lipinski definition) is 4. The Balaban J connectivity index is 1.51. The zero-order valence-electron chi connectivity index (χ0n) is 12.2. The van der Waals surface area contributed by atoms with E-state index >= 15 is 0 Å². The zero-order valence-corrected chi connectivity index (χ0v) is 13.0. The Bertz CT molecular complexity index is 289. The molecule has 2 fully saturated rings. The summed E-state index contributed by atoms with van der Waals surface area (Å²) < 4.78 is 5.29. The smallest absolute Gasteiger partial charge is 0.230 e. The molecule has 0 spiro atoms. The van der Waals surface area contributed by atoms with E-state index in [2.05, 4.69) is 5.32 Å². The van der Waals surface area contributed by atoms with Crippen molar-refractivity contribution in [2.45, 2.75) is 56.3 Å². The van der Waals surface area contributed by atoms with Gasteiger partial charge in [0.1, 0.15) is 0 Å². The van der Waals surface area contributed by atoms with E-state index in [0.29, 0.717) is 29.9 Å². The van der Waals surface area contributed by atoms with Crippen molar-refractivity contribution in [1.82, 2.24) is 5.32 Å². The molecule has 0 bridgehead atoms. The van der Waals surface area contributed by atoms with Gasteiger partial charge in [-0.15, -0.1) is 11.8 Å². The highest BCUT2D eigenvalue weighted by Gasteiger charge is 2.22. The van der Waals surface area contributed by atoms with Crippen LogP contribution < -0.4 is 5.32 Å². The molecule has 2 N–H and O–H groups in total. The van der Waals surface area contributed by atoms with Crippen molar-refractivity contribution in [2.75, 3.05) is 25.5 Å². The molecule has 0 radical (unpaired) electrons. The second kappa shape index (κ2) is 8.90. The van der Waals surface area contributed by atoms with E-state index in [1.165, 1.54) is 25.7 Å². The summed E-state index contributed by atoms with van der Waals surface area (Å²) >= 11 is 1.79. The maximum Gasteiger partial charge on any atom is 0.230 e. The van der Waals surface area contributed by atoms with Crippen LogP contribution in [0.4, 0.5) is 0 Å². The van der Waals surface area contributed by atoms with Gasteiger partial charge < -0.3 is 15.2 Å². The van der Waals surface area contributed by atoms with E-state index in [4.69, 9.17) is 4.74 Å². The summed E-state index contributed by atoms with van der Waals surface area (Å²) in [6.07, 6.45) is 7.39. The van der Waals surface area contributed by atoms with Crippen LogP contribution in [0.1, 0.15) is 44.9 Å². The van der Waals surface area contributed by atoms with Crippen LogP contribution in [0.2, 0.25) is 0 Å². The van der Waals surface area contributed by atoms with Crippen molar-refractivity contribution in [1.29, 1.82) is 0 Å². The lowest BCUT2D eigenvalue weighted by atomic mass is 9.92. The van der Waals surface area contributed by atoms with E-state index < -0.39 is 0 Å². The summed E-state index contributed by atoms with van der Waals surface area (Å²) in [4.78, 5) is 11.7. The average molecular weight is 301 g/mol. The molecular formula is C15H27NO3S. The summed E-state index contributed by atoms with van der Waals surface area (Å²) in [6.45, 7) is 2.10. The van der Waals surface area contributed by atoms with Crippen molar-refractivity contribution in [3.63, 3.8) is 0 Å². The van der Waals surface area contributed by atoms with E-state index in [-0.39, 0.29) is 12.0 Å². The fourth-order valence-electron chi connectivity index (χ4n) is 3.00. The lowest BCUT2D eigenvalue weighted by Gasteiger charge is -2.26. The van der Waals surface area contributed by atoms with Crippen LogP contribution in [0.15, 0.2) is 0 Å². The first-order valence-corrected chi connectivity index (χ1v) is 8.94. The normalized spacial score (nSPS) is 22.9. The molecule has 0 aromatic carbocycles. The lowest BCUT2D eigenvalue weighted by Crippen LogP contribution is -2.33. The van der Waals surface area contributed by atoms with Crippen molar-refractivity contribution in [3.05, 3.63) is 0 Å². The van der Waals surface area contributed by atoms with Gasteiger partial charge in [-0.2, -0.15) is 0 Å². The van der Waals surface area contributed by atoms with Gasteiger partial charge in [-0.05, 0) is 38.0 Å². The third-order valence-corrected chi connectivity index (χ3v) is 5.70. The molecule has 1 aliphatic heterocycles. The lowest BCUT2D eigenvalue weighted by molar-refractivity contribution is -0.118. The van der Waals surface area contributed by atoms with Gasteiger partial charge in [-0.3, -0.25) is 4.79 Å². The van der Waals surface area contributed by atoms with Gasteiger partial charge in [0.25, 0.3) is 0 Å². The molecule has 1 saturated carbocycles. The number of thioether (sulfide) groups is 1. The van der Waals surface area contributed by atoms with Crippen LogP contribution in [0, 0.1) is 5.92 Å². The van der Waals surface area contributed by atoms with E-state index in [1.54, 1.807) is 11.8 Å². The maximum absolute atomic E-state index is 11.7. The van der Waals surface area contributed by atoms with Gasteiger partial charge in [0.05, 0.1) is 11.9 Å². The zero-order chi connectivity index (χ0) is 14.2. The predicted molar refractivity (Wildman–Crippen MR) is 81.9 cm³/mol. The van der Waals surface area contributed by atoms with Crippen LogP contribution >= 0.6 is 11.8 Å². The molecule has 5 heteroatoms. The minimum atomic E-state index is -0.304. The molecule has 4 nitrogen and oxygen atoms in total. The number of carbonyl (C=O) groups excluding carboxylic acids is 1. The Labute approximate surface area is 126 Å². The highest BCUT2D eigenvalue weighted by molar-refractivity contribution is 8.00. The Morgan fingerprint density at radius 2 is 1.95 bits per heavy atom. The van der Waals surface area contributed by atoms with Gasteiger partial charge in [0.2, 0.25) is 5.91 Å². The van der Waals surface area contributed by atoms with Crippen LogP contribution in [0.3, 0.4) is 0 Å². The van der Waals surface area contributed by atoms with Gasteiger partial charge in [0, 0.05) is 25.0 Å². The van der Waals surface area contributed by atoms with Gasteiger partial charge >= 0.3 is 0 Å². The Morgan fingerprint density at radius 1 is 1.25 bits per heavy atom. The summed E-state index contributed by atoms with van der Waals surface area (Å²) in [5.74, 6) is 1.02. The first-order chi connectivity index (χ1) is 9.75. The Kier molecular flexibility index (Phi) is 7.17. The second-order valence-corrected chi connectivity index (χ2v) is 7.16. The molecule has 0 aromatic heterocycles. The molecular weight excluding hydrogens is 274 g/mol. The monoisotopic (exact) mass is 301 g/mol.